The van der Waals surface area contributed by atoms with Crippen LogP contribution in [-0.4, -0.2) is 23.9 Å². The van der Waals surface area contributed by atoms with Gasteiger partial charge in [0.15, 0.2) is 0 Å². The quantitative estimate of drug-likeness (QED) is 0.690. The van der Waals surface area contributed by atoms with Crippen LogP contribution in [0.3, 0.4) is 0 Å². The molecule has 2 amide bonds. The molecule has 0 bridgehead atoms. The zero-order valence-corrected chi connectivity index (χ0v) is 16.7. The second-order valence-corrected chi connectivity index (χ2v) is 6.93. The molecule has 0 aromatic heterocycles. The molecule has 2 unspecified atom stereocenters. The molecule has 5 heteroatoms. The van der Waals surface area contributed by atoms with Crippen molar-refractivity contribution in [2.24, 2.45) is 0 Å². The highest BCUT2D eigenvalue weighted by molar-refractivity contribution is 6.02. The first kappa shape index (κ1) is 20.5. The van der Waals surface area contributed by atoms with Gasteiger partial charge in [-0.05, 0) is 63.4 Å². The minimum absolute atomic E-state index is 0.0788. The molecular weight excluding hydrogens is 338 g/mol. The van der Waals surface area contributed by atoms with Gasteiger partial charge in [-0.1, -0.05) is 31.2 Å². The Morgan fingerprint density at radius 2 is 1.59 bits per heavy atom. The molecule has 5 nitrogen and oxygen atoms in total. The molecule has 2 rings (SSSR count). The Labute approximate surface area is 161 Å². The van der Waals surface area contributed by atoms with Gasteiger partial charge in [0.25, 0.3) is 5.91 Å². The maximum Gasteiger partial charge on any atom is 0.254 e. The van der Waals surface area contributed by atoms with Gasteiger partial charge in [0.1, 0.15) is 6.04 Å². The number of nitrogens with one attached hydrogen (secondary N) is 3. The van der Waals surface area contributed by atoms with E-state index >= 15 is 0 Å². The second kappa shape index (κ2) is 9.21. The third-order valence-corrected chi connectivity index (χ3v) is 4.79. The van der Waals surface area contributed by atoms with Crippen LogP contribution in [0.1, 0.15) is 48.7 Å². The molecule has 2 aromatic carbocycles. The second-order valence-electron chi connectivity index (χ2n) is 6.93. The predicted molar refractivity (Wildman–Crippen MR) is 110 cm³/mol. The first-order valence-corrected chi connectivity index (χ1v) is 9.37. The third kappa shape index (κ3) is 5.33. The van der Waals surface area contributed by atoms with Crippen LogP contribution in [0.2, 0.25) is 0 Å². The monoisotopic (exact) mass is 367 g/mol. The highest BCUT2D eigenvalue weighted by Crippen LogP contribution is 2.25. The number of hydrogen-bond donors (Lipinski definition) is 3. The van der Waals surface area contributed by atoms with E-state index < -0.39 is 6.04 Å². The zero-order valence-electron chi connectivity index (χ0n) is 16.7. The van der Waals surface area contributed by atoms with Crippen molar-refractivity contribution >= 4 is 23.2 Å². The summed E-state index contributed by atoms with van der Waals surface area (Å²) in [4.78, 5) is 24.9. The molecule has 0 heterocycles. The zero-order chi connectivity index (χ0) is 20.0. The first-order chi connectivity index (χ1) is 12.8. The number of benzene rings is 2. The van der Waals surface area contributed by atoms with E-state index in [2.05, 4.69) is 28.9 Å². The van der Waals surface area contributed by atoms with E-state index in [-0.39, 0.29) is 17.9 Å². The molecule has 0 saturated heterocycles. The normalized spacial score (nSPS) is 12.8. The number of hydrogen-bond acceptors (Lipinski definition) is 3. The standard InChI is InChI=1S/C22H29N3O2/c1-6-15(3)23-21(26)17(5)24-22(27)18-11-7-8-12-20(18)25-19-13-9-10-14(2)16(19)4/h7-13,15,17,25H,6H2,1-5H3,(H,23,26)(H,24,27). The van der Waals surface area contributed by atoms with Gasteiger partial charge in [-0.25, -0.2) is 0 Å². The van der Waals surface area contributed by atoms with E-state index in [1.54, 1.807) is 13.0 Å². The number of para-hydroxylation sites is 1. The number of rotatable bonds is 7. The summed E-state index contributed by atoms with van der Waals surface area (Å²) in [6, 6.07) is 12.8. The summed E-state index contributed by atoms with van der Waals surface area (Å²) in [7, 11) is 0. The van der Waals surface area contributed by atoms with Crippen LogP contribution in [0.15, 0.2) is 42.5 Å². The molecule has 144 valence electrons. The molecule has 0 radical (unpaired) electrons. The van der Waals surface area contributed by atoms with Crippen molar-refractivity contribution in [1.82, 2.24) is 10.6 Å². The molecule has 27 heavy (non-hydrogen) atoms. The van der Waals surface area contributed by atoms with E-state index in [9.17, 15) is 9.59 Å². The van der Waals surface area contributed by atoms with Crippen LogP contribution < -0.4 is 16.0 Å². The molecule has 0 spiro atoms. The summed E-state index contributed by atoms with van der Waals surface area (Å²) in [6.45, 7) is 9.73. The molecule has 0 fully saturated rings. The lowest BCUT2D eigenvalue weighted by Gasteiger charge is -2.19. The Bertz CT molecular complexity index is 817. The number of carbonyl (C=O) groups is 2. The van der Waals surface area contributed by atoms with Crippen molar-refractivity contribution in [2.45, 2.75) is 53.1 Å². The van der Waals surface area contributed by atoms with Crippen molar-refractivity contribution in [3.63, 3.8) is 0 Å². The highest BCUT2D eigenvalue weighted by atomic mass is 16.2. The van der Waals surface area contributed by atoms with Crippen LogP contribution in [0.25, 0.3) is 0 Å². The number of amides is 2. The SMILES string of the molecule is CCC(C)NC(=O)C(C)NC(=O)c1ccccc1Nc1cccc(C)c1C. The summed E-state index contributed by atoms with van der Waals surface area (Å²) in [6.07, 6.45) is 0.842. The van der Waals surface area contributed by atoms with Gasteiger partial charge in [-0.15, -0.1) is 0 Å². The average molecular weight is 367 g/mol. The van der Waals surface area contributed by atoms with Crippen molar-refractivity contribution in [1.29, 1.82) is 0 Å². The van der Waals surface area contributed by atoms with Gasteiger partial charge in [0, 0.05) is 11.7 Å². The van der Waals surface area contributed by atoms with E-state index in [1.165, 1.54) is 5.56 Å². The van der Waals surface area contributed by atoms with E-state index in [1.807, 2.05) is 51.1 Å². The maximum absolute atomic E-state index is 12.7. The minimum atomic E-state index is -0.611. The van der Waals surface area contributed by atoms with E-state index in [0.29, 0.717) is 11.3 Å². The molecule has 0 aliphatic rings. The lowest BCUT2D eigenvalue weighted by atomic mass is 10.1. The first-order valence-electron chi connectivity index (χ1n) is 9.37. The van der Waals surface area contributed by atoms with Gasteiger partial charge < -0.3 is 16.0 Å². The Kier molecular flexibility index (Phi) is 6.99. The Morgan fingerprint density at radius 1 is 0.926 bits per heavy atom. The van der Waals surface area contributed by atoms with Crippen molar-refractivity contribution in [2.75, 3.05) is 5.32 Å². The highest BCUT2D eigenvalue weighted by Gasteiger charge is 2.19. The Balaban J connectivity index is 2.16. The van der Waals surface area contributed by atoms with Crippen LogP contribution >= 0.6 is 0 Å². The molecule has 2 aromatic rings. The molecule has 2 atom stereocenters. The largest absolute Gasteiger partial charge is 0.355 e. The minimum Gasteiger partial charge on any atom is -0.355 e. The van der Waals surface area contributed by atoms with Crippen molar-refractivity contribution in [3.8, 4) is 0 Å². The predicted octanol–water partition coefficient (Wildman–Crippen LogP) is 4.08. The lowest BCUT2D eigenvalue weighted by Crippen LogP contribution is -2.47. The number of anilines is 2. The summed E-state index contributed by atoms with van der Waals surface area (Å²) in [5.74, 6) is -0.465. The number of aryl methyl sites for hydroxylation is 1. The average Bonchev–Trinajstić information content (AvgIpc) is 2.65. The van der Waals surface area contributed by atoms with Crippen molar-refractivity contribution < 1.29 is 9.59 Å². The molecule has 0 saturated carbocycles. The fourth-order valence-corrected chi connectivity index (χ4v) is 2.63. The molecular formula is C22H29N3O2. The summed E-state index contributed by atoms with van der Waals surface area (Å²) >= 11 is 0. The van der Waals surface area contributed by atoms with E-state index in [4.69, 9.17) is 0 Å². The van der Waals surface area contributed by atoms with Gasteiger partial charge in [-0.2, -0.15) is 0 Å². The maximum atomic E-state index is 12.7. The van der Waals surface area contributed by atoms with Crippen LogP contribution in [0, 0.1) is 13.8 Å². The van der Waals surface area contributed by atoms with E-state index in [0.717, 1.165) is 17.7 Å². The summed E-state index contributed by atoms with van der Waals surface area (Å²) in [5, 5.41) is 9.02. The van der Waals surface area contributed by atoms with Gasteiger partial charge in [0.05, 0.1) is 11.3 Å². The summed E-state index contributed by atoms with van der Waals surface area (Å²) < 4.78 is 0. The molecule has 0 aliphatic heterocycles. The van der Waals surface area contributed by atoms with Crippen molar-refractivity contribution in [3.05, 3.63) is 59.2 Å². The fourth-order valence-electron chi connectivity index (χ4n) is 2.63. The molecule has 0 aliphatic carbocycles. The number of carbonyl (C=O) groups excluding carboxylic acids is 2. The Morgan fingerprint density at radius 3 is 2.30 bits per heavy atom. The van der Waals surface area contributed by atoms with Crippen LogP contribution in [-0.2, 0) is 4.79 Å². The smallest absolute Gasteiger partial charge is 0.254 e. The topological polar surface area (TPSA) is 70.2 Å². The Hall–Kier alpha value is -2.82. The van der Waals surface area contributed by atoms with Gasteiger partial charge >= 0.3 is 0 Å². The molecule has 3 N–H and O–H groups in total. The summed E-state index contributed by atoms with van der Waals surface area (Å²) in [5.41, 5.74) is 4.48. The van der Waals surface area contributed by atoms with Gasteiger partial charge in [-0.3, -0.25) is 9.59 Å². The third-order valence-electron chi connectivity index (χ3n) is 4.79. The van der Waals surface area contributed by atoms with Crippen LogP contribution in [0.5, 0.6) is 0 Å². The van der Waals surface area contributed by atoms with Crippen LogP contribution in [0.4, 0.5) is 11.4 Å². The fraction of sp³-hybridized carbons (Fsp3) is 0.364. The lowest BCUT2D eigenvalue weighted by molar-refractivity contribution is -0.123. The van der Waals surface area contributed by atoms with Gasteiger partial charge in [0.2, 0.25) is 5.91 Å².